The first-order chi connectivity index (χ1) is 15.9. The summed E-state index contributed by atoms with van der Waals surface area (Å²) in [4.78, 5) is 36.8. The molecule has 0 atom stereocenters. The van der Waals surface area contributed by atoms with Crippen LogP contribution >= 0.6 is 0 Å². The Hall–Kier alpha value is -4.13. The molecule has 0 radical (unpaired) electrons. The second kappa shape index (κ2) is 11.5. The van der Waals surface area contributed by atoms with Crippen LogP contribution in [0.25, 0.3) is 0 Å². The molecule has 0 unspecified atom stereocenters. The molecule has 3 aromatic carbocycles. The summed E-state index contributed by atoms with van der Waals surface area (Å²) >= 11 is 0. The minimum absolute atomic E-state index is 0.309. The van der Waals surface area contributed by atoms with Gasteiger partial charge in [-0.05, 0) is 43.2 Å². The van der Waals surface area contributed by atoms with E-state index in [4.69, 9.17) is 9.47 Å². The van der Waals surface area contributed by atoms with Crippen molar-refractivity contribution in [2.45, 2.75) is 20.4 Å². The molecule has 0 heterocycles. The first kappa shape index (κ1) is 23.5. The molecule has 170 valence electrons. The molecule has 3 aromatic rings. The second-order valence-corrected chi connectivity index (χ2v) is 7.48. The number of aryl methyl sites for hydroxylation is 2. The molecule has 0 aromatic heterocycles. The molecule has 33 heavy (non-hydrogen) atoms. The number of esters is 1. The number of benzene rings is 3. The minimum atomic E-state index is -0.669. The molecule has 0 fully saturated rings. The number of ether oxygens (including phenoxy) is 2. The summed E-state index contributed by atoms with van der Waals surface area (Å²) in [5, 5.41) is 5.46. The van der Waals surface area contributed by atoms with Crippen molar-refractivity contribution in [2.24, 2.45) is 0 Å². The fourth-order valence-electron chi connectivity index (χ4n) is 3.00. The molecule has 0 aliphatic rings. The van der Waals surface area contributed by atoms with Crippen LogP contribution in [0, 0.1) is 13.8 Å². The smallest absolute Gasteiger partial charge is 0.344 e. The van der Waals surface area contributed by atoms with E-state index < -0.39 is 18.5 Å². The molecule has 0 aliphatic heterocycles. The van der Waals surface area contributed by atoms with E-state index in [1.807, 2.05) is 50.2 Å². The van der Waals surface area contributed by atoms with Gasteiger partial charge < -0.3 is 20.1 Å². The fraction of sp³-hybridized carbons (Fsp3) is 0.192. The van der Waals surface area contributed by atoms with Crippen LogP contribution < -0.4 is 15.4 Å². The summed E-state index contributed by atoms with van der Waals surface area (Å²) in [6.45, 7) is 3.42. The van der Waals surface area contributed by atoms with Gasteiger partial charge in [-0.15, -0.1) is 0 Å². The molecule has 0 spiro atoms. The monoisotopic (exact) mass is 446 g/mol. The van der Waals surface area contributed by atoms with Crippen LogP contribution in [-0.2, 0) is 20.9 Å². The fourth-order valence-corrected chi connectivity index (χ4v) is 3.00. The van der Waals surface area contributed by atoms with Crippen molar-refractivity contribution < 1.29 is 23.9 Å². The van der Waals surface area contributed by atoms with E-state index in [-0.39, 0.29) is 12.5 Å². The summed E-state index contributed by atoms with van der Waals surface area (Å²) in [5.74, 6) is -0.977. The maximum Gasteiger partial charge on any atom is 0.344 e. The van der Waals surface area contributed by atoms with Crippen LogP contribution in [0.3, 0.4) is 0 Å². The van der Waals surface area contributed by atoms with Gasteiger partial charge in [0.05, 0.1) is 11.3 Å². The lowest BCUT2D eigenvalue weighted by Crippen LogP contribution is -2.27. The molecule has 0 aliphatic carbocycles. The van der Waals surface area contributed by atoms with Crippen molar-refractivity contribution in [1.29, 1.82) is 0 Å². The number of nitrogens with one attached hydrogen (secondary N) is 2. The third-order valence-corrected chi connectivity index (χ3v) is 4.82. The van der Waals surface area contributed by atoms with E-state index in [9.17, 15) is 14.4 Å². The number of carbonyl (C=O) groups is 3. The van der Waals surface area contributed by atoms with Gasteiger partial charge >= 0.3 is 5.97 Å². The molecule has 3 rings (SSSR count). The number of anilines is 1. The Labute approximate surface area is 192 Å². The first-order valence-electron chi connectivity index (χ1n) is 10.5. The van der Waals surface area contributed by atoms with Gasteiger partial charge in [0.25, 0.3) is 11.8 Å². The third kappa shape index (κ3) is 7.21. The van der Waals surface area contributed by atoms with Crippen molar-refractivity contribution in [3.05, 3.63) is 95.1 Å². The van der Waals surface area contributed by atoms with E-state index in [2.05, 4.69) is 10.6 Å². The van der Waals surface area contributed by atoms with Gasteiger partial charge in [-0.3, -0.25) is 9.59 Å². The first-order valence-corrected chi connectivity index (χ1v) is 10.5. The molecule has 2 amide bonds. The summed E-state index contributed by atoms with van der Waals surface area (Å²) < 4.78 is 10.4. The summed E-state index contributed by atoms with van der Waals surface area (Å²) in [7, 11) is 0. The van der Waals surface area contributed by atoms with Crippen LogP contribution in [0.15, 0.2) is 72.8 Å². The minimum Gasteiger partial charge on any atom is -0.482 e. The highest BCUT2D eigenvalue weighted by Crippen LogP contribution is 2.17. The lowest BCUT2D eigenvalue weighted by Gasteiger charge is -2.12. The maximum atomic E-state index is 12.6. The zero-order chi connectivity index (χ0) is 23.6. The molecular formula is C26H26N2O5. The highest BCUT2D eigenvalue weighted by molar-refractivity contribution is 6.04. The zero-order valence-electron chi connectivity index (χ0n) is 18.6. The number of hydrogen-bond acceptors (Lipinski definition) is 5. The van der Waals surface area contributed by atoms with Crippen molar-refractivity contribution >= 4 is 23.5 Å². The van der Waals surface area contributed by atoms with Crippen LogP contribution in [0.2, 0.25) is 0 Å². The molecule has 7 heteroatoms. The molecule has 0 saturated heterocycles. The van der Waals surface area contributed by atoms with E-state index in [0.29, 0.717) is 23.5 Å². The Morgan fingerprint density at radius 2 is 1.52 bits per heavy atom. The van der Waals surface area contributed by atoms with E-state index in [0.717, 1.165) is 16.7 Å². The summed E-state index contributed by atoms with van der Waals surface area (Å²) in [6.07, 6.45) is 0. The number of amides is 2. The Morgan fingerprint density at radius 1 is 0.818 bits per heavy atom. The van der Waals surface area contributed by atoms with Crippen LogP contribution in [-0.4, -0.2) is 31.0 Å². The summed E-state index contributed by atoms with van der Waals surface area (Å²) in [5.41, 5.74) is 3.64. The maximum absolute atomic E-state index is 12.6. The Bertz CT molecular complexity index is 1130. The zero-order valence-corrected chi connectivity index (χ0v) is 18.6. The number of rotatable bonds is 9. The van der Waals surface area contributed by atoms with Crippen molar-refractivity contribution in [2.75, 3.05) is 18.5 Å². The Kier molecular flexibility index (Phi) is 8.18. The predicted molar refractivity (Wildman–Crippen MR) is 125 cm³/mol. The van der Waals surface area contributed by atoms with Gasteiger partial charge in [0.1, 0.15) is 5.75 Å². The quantitative estimate of drug-likeness (QED) is 0.488. The predicted octanol–water partition coefficient (Wildman–Crippen LogP) is 3.79. The number of carbonyl (C=O) groups excluding carboxylic acids is 3. The normalized spacial score (nSPS) is 10.2. The van der Waals surface area contributed by atoms with Gasteiger partial charge in [0, 0.05) is 6.54 Å². The number of para-hydroxylation sites is 2. The lowest BCUT2D eigenvalue weighted by atomic mass is 10.1. The van der Waals surface area contributed by atoms with Gasteiger partial charge in [-0.25, -0.2) is 4.79 Å². The molecule has 7 nitrogen and oxygen atoms in total. The van der Waals surface area contributed by atoms with Crippen molar-refractivity contribution in [3.8, 4) is 5.75 Å². The molecule has 0 saturated carbocycles. The standard InChI is InChI=1S/C26H26N2O5/c1-18-11-13-20(14-12-18)15-27-26(31)21-8-4-5-9-22(21)28-24(29)16-33-25(30)17-32-23-10-6-3-7-19(23)2/h3-14H,15-17H2,1-2H3,(H,27,31)(H,28,29). The largest absolute Gasteiger partial charge is 0.482 e. The van der Waals surface area contributed by atoms with Crippen LogP contribution in [0.5, 0.6) is 5.75 Å². The molecular weight excluding hydrogens is 420 g/mol. The Balaban J connectivity index is 1.49. The average molecular weight is 447 g/mol. The van der Waals surface area contributed by atoms with E-state index in [1.54, 1.807) is 36.4 Å². The third-order valence-electron chi connectivity index (χ3n) is 4.82. The highest BCUT2D eigenvalue weighted by Gasteiger charge is 2.14. The topological polar surface area (TPSA) is 93.7 Å². The number of hydrogen-bond donors (Lipinski definition) is 2. The average Bonchev–Trinajstić information content (AvgIpc) is 2.82. The SMILES string of the molecule is Cc1ccc(CNC(=O)c2ccccc2NC(=O)COC(=O)COc2ccccc2C)cc1. The van der Waals surface area contributed by atoms with Gasteiger partial charge in [0.15, 0.2) is 13.2 Å². The van der Waals surface area contributed by atoms with Gasteiger partial charge in [-0.1, -0.05) is 60.2 Å². The van der Waals surface area contributed by atoms with Crippen molar-refractivity contribution in [3.63, 3.8) is 0 Å². The summed E-state index contributed by atoms with van der Waals surface area (Å²) in [6, 6.07) is 21.8. The van der Waals surface area contributed by atoms with Gasteiger partial charge in [-0.2, -0.15) is 0 Å². The Morgan fingerprint density at radius 3 is 2.27 bits per heavy atom. The van der Waals surface area contributed by atoms with E-state index >= 15 is 0 Å². The van der Waals surface area contributed by atoms with E-state index in [1.165, 1.54) is 0 Å². The second-order valence-electron chi connectivity index (χ2n) is 7.48. The lowest BCUT2D eigenvalue weighted by molar-refractivity contribution is -0.149. The van der Waals surface area contributed by atoms with Crippen LogP contribution in [0.4, 0.5) is 5.69 Å². The van der Waals surface area contributed by atoms with Crippen LogP contribution in [0.1, 0.15) is 27.0 Å². The molecule has 0 bridgehead atoms. The van der Waals surface area contributed by atoms with Gasteiger partial charge in [0.2, 0.25) is 0 Å². The highest BCUT2D eigenvalue weighted by atomic mass is 16.6. The molecule has 2 N–H and O–H groups in total. The van der Waals surface area contributed by atoms with Crippen molar-refractivity contribution in [1.82, 2.24) is 5.32 Å².